The summed E-state index contributed by atoms with van der Waals surface area (Å²) in [5.41, 5.74) is 9.11. The summed E-state index contributed by atoms with van der Waals surface area (Å²) >= 11 is 3.43. The molecule has 11 nitrogen and oxygen atoms in total. The first kappa shape index (κ1) is 26.6. The van der Waals surface area contributed by atoms with Crippen LogP contribution >= 0.6 is 15.9 Å². The Kier molecular flexibility index (Phi) is 7.49. The van der Waals surface area contributed by atoms with Gasteiger partial charge in [-0.25, -0.2) is 14.3 Å². The zero-order valence-corrected chi connectivity index (χ0v) is 23.0. The third-order valence-corrected chi connectivity index (χ3v) is 6.91. The van der Waals surface area contributed by atoms with Gasteiger partial charge >= 0.3 is 11.9 Å². The van der Waals surface area contributed by atoms with Crippen molar-refractivity contribution >= 4 is 44.9 Å². The molecule has 2 aromatic carbocycles. The average molecular weight is 596 g/mol. The van der Waals surface area contributed by atoms with Crippen molar-refractivity contribution in [1.29, 1.82) is 0 Å². The number of carbonyl (C=O) groups excluding carboxylic acids is 2. The second-order valence-electron chi connectivity index (χ2n) is 9.16. The fourth-order valence-corrected chi connectivity index (χ4v) is 4.80. The van der Waals surface area contributed by atoms with Gasteiger partial charge in [-0.2, -0.15) is 15.1 Å². The molecule has 5 rings (SSSR count). The first-order chi connectivity index (χ1) is 18.7. The van der Waals surface area contributed by atoms with Crippen LogP contribution < -0.4 is 10.5 Å². The Hall–Kier alpha value is -4.03. The smallest absolute Gasteiger partial charge is 0.338 e. The van der Waals surface area contributed by atoms with E-state index in [9.17, 15) is 9.59 Å². The standard InChI is InChI=1S/C27H26BrN5O6/c1-14-4-8-16(9-5-14)25(34)37-13-19-18(39-26(35)17-10-6-15(2)7-11-17)12-20(38-19)33-23-21(22(28)32-33)24(36-3)31-27(29)30-23/h4-11,18-20H,12-13H2,1-3H3,(H2,29,30,31)/t18-,19+,20+/m0/s1. The van der Waals surface area contributed by atoms with Crippen molar-refractivity contribution in [2.24, 2.45) is 0 Å². The summed E-state index contributed by atoms with van der Waals surface area (Å²) in [6, 6.07) is 14.1. The molecule has 3 atom stereocenters. The molecule has 0 radical (unpaired) electrons. The summed E-state index contributed by atoms with van der Waals surface area (Å²) in [4.78, 5) is 34.1. The number of rotatable bonds is 7. The molecule has 0 saturated carbocycles. The molecule has 2 N–H and O–H groups in total. The second kappa shape index (κ2) is 11.0. The molecule has 2 aromatic heterocycles. The van der Waals surface area contributed by atoms with E-state index in [1.807, 2.05) is 38.1 Å². The van der Waals surface area contributed by atoms with Crippen molar-refractivity contribution in [3.8, 4) is 5.88 Å². The highest BCUT2D eigenvalue weighted by Gasteiger charge is 2.41. The van der Waals surface area contributed by atoms with Crippen molar-refractivity contribution < 1.29 is 28.5 Å². The first-order valence-electron chi connectivity index (χ1n) is 12.2. The van der Waals surface area contributed by atoms with Gasteiger partial charge in [0.25, 0.3) is 0 Å². The molecule has 0 bridgehead atoms. The van der Waals surface area contributed by atoms with E-state index in [4.69, 9.17) is 24.7 Å². The van der Waals surface area contributed by atoms with Crippen LogP contribution in [0.3, 0.4) is 0 Å². The number of aryl methyl sites for hydroxylation is 2. The summed E-state index contributed by atoms with van der Waals surface area (Å²) in [5, 5.41) is 5.02. The molecule has 1 fully saturated rings. The number of hydrogen-bond acceptors (Lipinski definition) is 10. The third kappa shape index (κ3) is 5.57. The molecular weight excluding hydrogens is 570 g/mol. The molecule has 39 heavy (non-hydrogen) atoms. The van der Waals surface area contributed by atoms with Gasteiger partial charge in [-0.05, 0) is 54.0 Å². The molecule has 3 heterocycles. The van der Waals surface area contributed by atoms with Crippen LogP contribution in [0.1, 0.15) is 44.5 Å². The minimum Gasteiger partial charge on any atom is -0.480 e. The fourth-order valence-electron chi connectivity index (χ4n) is 4.28. The van der Waals surface area contributed by atoms with Gasteiger partial charge in [0.1, 0.15) is 28.8 Å². The Morgan fingerprint density at radius 1 is 1.03 bits per heavy atom. The Labute approximate surface area is 232 Å². The highest BCUT2D eigenvalue weighted by Crippen LogP contribution is 2.37. The van der Waals surface area contributed by atoms with E-state index in [2.05, 4.69) is 31.0 Å². The minimum absolute atomic E-state index is 0.00285. The van der Waals surface area contributed by atoms with Gasteiger partial charge in [-0.15, -0.1) is 0 Å². The average Bonchev–Trinajstić information content (AvgIpc) is 3.47. The predicted molar refractivity (Wildman–Crippen MR) is 144 cm³/mol. The monoisotopic (exact) mass is 595 g/mol. The number of anilines is 1. The third-order valence-electron chi connectivity index (χ3n) is 6.35. The van der Waals surface area contributed by atoms with Crippen LogP contribution in [-0.2, 0) is 14.2 Å². The van der Waals surface area contributed by atoms with E-state index in [0.717, 1.165) is 11.1 Å². The van der Waals surface area contributed by atoms with Crippen molar-refractivity contribution in [3.63, 3.8) is 0 Å². The van der Waals surface area contributed by atoms with Crippen LogP contribution in [0.5, 0.6) is 5.88 Å². The van der Waals surface area contributed by atoms with Crippen LogP contribution in [0.4, 0.5) is 5.95 Å². The quantitative estimate of drug-likeness (QED) is 0.309. The van der Waals surface area contributed by atoms with Crippen LogP contribution in [0, 0.1) is 13.8 Å². The maximum Gasteiger partial charge on any atom is 0.338 e. The van der Waals surface area contributed by atoms with Gasteiger partial charge in [0.15, 0.2) is 11.9 Å². The summed E-state index contributed by atoms with van der Waals surface area (Å²) < 4.78 is 25.0. The second-order valence-corrected chi connectivity index (χ2v) is 9.92. The van der Waals surface area contributed by atoms with Crippen LogP contribution in [0.25, 0.3) is 11.0 Å². The summed E-state index contributed by atoms with van der Waals surface area (Å²) in [6.07, 6.45) is -2.00. The molecular formula is C27H26BrN5O6. The van der Waals surface area contributed by atoms with Crippen LogP contribution in [0.15, 0.2) is 53.1 Å². The molecule has 4 aromatic rings. The van der Waals surface area contributed by atoms with E-state index in [1.165, 1.54) is 11.8 Å². The van der Waals surface area contributed by atoms with Gasteiger partial charge in [0.05, 0.1) is 18.2 Å². The SMILES string of the molecule is COc1nc(N)nc2c1c(Br)nn2[C@H]1C[C@H](OC(=O)c2ccc(C)cc2)[C@@H](COC(=O)c2ccc(C)cc2)O1. The van der Waals surface area contributed by atoms with E-state index >= 15 is 0 Å². The van der Waals surface area contributed by atoms with E-state index < -0.39 is 30.4 Å². The number of aromatic nitrogens is 4. The number of ether oxygens (including phenoxy) is 4. The first-order valence-corrected chi connectivity index (χ1v) is 12.9. The Morgan fingerprint density at radius 3 is 2.26 bits per heavy atom. The number of esters is 2. The Morgan fingerprint density at radius 2 is 1.64 bits per heavy atom. The number of hydrogen-bond donors (Lipinski definition) is 1. The molecule has 0 aliphatic carbocycles. The summed E-state index contributed by atoms with van der Waals surface area (Å²) in [7, 11) is 1.47. The van der Waals surface area contributed by atoms with Gasteiger partial charge in [-0.1, -0.05) is 35.4 Å². The van der Waals surface area contributed by atoms with Crippen LogP contribution in [0.2, 0.25) is 0 Å². The normalized spacial score (nSPS) is 18.7. The van der Waals surface area contributed by atoms with Crippen LogP contribution in [-0.4, -0.2) is 57.6 Å². The molecule has 0 spiro atoms. The topological polar surface area (TPSA) is 141 Å². The fraction of sp³-hybridized carbons (Fsp3) is 0.296. The maximum absolute atomic E-state index is 13.0. The number of nitrogen functional groups attached to an aromatic ring is 1. The molecule has 0 unspecified atom stereocenters. The zero-order valence-electron chi connectivity index (χ0n) is 21.5. The number of fused-ring (bicyclic) bond motifs is 1. The molecule has 1 saturated heterocycles. The van der Waals surface area contributed by atoms with Crippen molar-refractivity contribution in [3.05, 3.63) is 75.4 Å². The molecule has 1 aliphatic heterocycles. The Balaban J connectivity index is 1.41. The van der Waals surface area contributed by atoms with Gasteiger partial charge in [-0.3, -0.25) is 0 Å². The number of nitrogens with two attached hydrogens (primary N) is 1. The number of halogens is 1. The molecule has 202 valence electrons. The highest BCUT2D eigenvalue weighted by molar-refractivity contribution is 9.10. The number of benzene rings is 2. The predicted octanol–water partition coefficient (Wildman–Crippen LogP) is 4.17. The van der Waals surface area contributed by atoms with E-state index in [-0.39, 0.29) is 24.9 Å². The lowest BCUT2D eigenvalue weighted by atomic mass is 10.1. The lowest BCUT2D eigenvalue weighted by Gasteiger charge is -2.19. The summed E-state index contributed by atoms with van der Waals surface area (Å²) in [5.74, 6) is -0.779. The van der Waals surface area contributed by atoms with Crippen molar-refractivity contribution in [1.82, 2.24) is 19.7 Å². The van der Waals surface area contributed by atoms with Gasteiger partial charge in [0.2, 0.25) is 11.8 Å². The Bertz CT molecular complexity index is 1520. The molecule has 12 heteroatoms. The lowest BCUT2D eigenvalue weighted by Crippen LogP contribution is -2.32. The van der Waals surface area contributed by atoms with E-state index in [0.29, 0.717) is 26.8 Å². The van der Waals surface area contributed by atoms with Gasteiger partial charge in [0, 0.05) is 6.42 Å². The van der Waals surface area contributed by atoms with E-state index in [1.54, 1.807) is 24.3 Å². The number of carbonyl (C=O) groups is 2. The lowest BCUT2D eigenvalue weighted by molar-refractivity contribution is -0.0591. The number of nitrogens with zero attached hydrogens (tertiary/aromatic N) is 4. The van der Waals surface area contributed by atoms with Crippen molar-refractivity contribution in [2.75, 3.05) is 19.5 Å². The minimum atomic E-state index is -0.766. The summed E-state index contributed by atoms with van der Waals surface area (Å²) in [6.45, 7) is 3.72. The van der Waals surface area contributed by atoms with Crippen molar-refractivity contribution in [2.45, 2.75) is 38.7 Å². The maximum atomic E-state index is 13.0. The largest absolute Gasteiger partial charge is 0.480 e. The molecule has 1 aliphatic rings. The highest BCUT2D eigenvalue weighted by atomic mass is 79.9. The zero-order chi connectivity index (χ0) is 27.7. The molecule has 0 amide bonds. The van der Waals surface area contributed by atoms with Gasteiger partial charge < -0.3 is 24.7 Å². The number of methoxy groups -OCH3 is 1.